The van der Waals surface area contributed by atoms with Crippen LogP contribution in [0.1, 0.15) is 2.85 Å². The van der Waals surface area contributed by atoms with E-state index in [-0.39, 0.29) is 206 Å². The van der Waals surface area contributed by atoms with Gasteiger partial charge in [-0.2, -0.15) is 9.90 Å². The molecule has 3 radical (unpaired) electrons. The molecule has 0 saturated carbocycles. The fourth-order valence-corrected chi connectivity index (χ4v) is 0. The molecule has 0 heterocycles. The van der Waals surface area contributed by atoms with Crippen molar-refractivity contribution in [1.29, 1.82) is 0 Å². The van der Waals surface area contributed by atoms with Crippen molar-refractivity contribution in [2.45, 2.75) is 0 Å². The van der Waals surface area contributed by atoms with Crippen molar-refractivity contribution in [3.8, 4) is 0 Å². The van der Waals surface area contributed by atoms with E-state index in [2.05, 4.69) is 0 Å². The number of hydrogen-bond acceptors (Lipinski definition) is 0. The van der Waals surface area contributed by atoms with Gasteiger partial charge in [-0.3, -0.25) is 0 Å². The van der Waals surface area contributed by atoms with Crippen LogP contribution >= 0.6 is 9.90 Å². The second kappa shape index (κ2) is 48.9. The van der Waals surface area contributed by atoms with E-state index in [4.69, 9.17) is 0 Å². The van der Waals surface area contributed by atoms with Gasteiger partial charge in [0.25, 0.3) is 0 Å². The fourth-order valence-electron chi connectivity index (χ4n) is 0. The second-order valence-electron chi connectivity index (χ2n) is 0. The molecule has 0 bridgehead atoms. The molecule has 0 N–H and O–H groups in total. The molecule has 8 heteroatoms. The molecule has 0 aliphatic rings. The summed E-state index contributed by atoms with van der Waals surface area (Å²) in [4.78, 5) is 0. The summed E-state index contributed by atoms with van der Waals surface area (Å²) < 4.78 is 0. The Morgan fingerprint density at radius 1 is 1.12 bits per heavy atom. The summed E-state index contributed by atoms with van der Waals surface area (Å²) in [5.74, 6) is 0. The largest absolute Gasteiger partial charge is 2.00 e. The second-order valence-corrected chi connectivity index (χ2v) is 0. The Balaban J connectivity index is 0. The average Bonchev–Trinajstić information content (AvgIpc) is 0. The smallest absolute Gasteiger partial charge is 1.00 e. The Hall–Kier alpha value is 6.79. The quantitative estimate of drug-likeness (QED) is 0.258. The van der Waals surface area contributed by atoms with Crippen molar-refractivity contribution in [3.05, 3.63) is 0 Å². The molecule has 0 spiro atoms. The van der Waals surface area contributed by atoms with E-state index in [1.165, 1.54) is 0 Å². The van der Waals surface area contributed by atoms with Crippen LogP contribution in [0.5, 0.6) is 0 Å². The first-order valence-corrected chi connectivity index (χ1v) is 0. The summed E-state index contributed by atoms with van der Waals surface area (Å²) in [6.07, 6.45) is 0. The van der Waals surface area contributed by atoms with Crippen molar-refractivity contribution in [1.82, 2.24) is 0 Å². The zero-order valence-corrected chi connectivity index (χ0v) is 21.2. The van der Waals surface area contributed by atoms with Gasteiger partial charge in [-0.05, 0) is 0 Å². The minimum absolute atomic E-state index is 0. The van der Waals surface area contributed by atoms with Crippen LogP contribution in [0.4, 0.5) is 0 Å². The summed E-state index contributed by atoms with van der Waals surface area (Å²) in [6, 6.07) is 0. The summed E-state index contributed by atoms with van der Waals surface area (Å²) in [6.45, 7) is 0. The monoisotopic (exact) mass is 636 g/mol. The van der Waals surface area contributed by atoms with E-state index in [9.17, 15) is 0 Å². The topological polar surface area (TPSA) is 0 Å². The molecule has 0 fully saturated rings. The Kier molecular flexibility index (Phi) is 373. The standard InChI is InChI=1S/Ce.Cu.La.Mg.Mo.H3P.Ti.Y.2H/h;;;;;1H3;;;;/q;;;+2;;;;;2*-1. The van der Waals surface area contributed by atoms with Crippen molar-refractivity contribution in [2.24, 2.45) is 0 Å². The van der Waals surface area contributed by atoms with Crippen LogP contribution in [0, 0.1) is 77.3 Å². The van der Waals surface area contributed by atoms with Gasteiger partial charge < -0.3 is 2.85 Å². The Bertz CT molecular complexity index is 31.2. The van der Waals surface area contributed by atoms with Crippen LogP contribution in [0.2, 0.25) is 0 Å². The van der Waals surface area contributed by atoms with Crippen LogP contribution in [0.3, 0.4) is 0 Å². The van der Waals surface area contributed by atoms with Crippen LogP contribution in [-0.2, 0) is 92.6 Å². The molecule has 0 rings (SSSR count). The van der Waals surface area contributed by atoms with Gasteiger partial charge in [-0.25, -0.2) is 0 Å². The van der Waals surface area contributed by atoms with Gasteiger partial charge >= 0.3 is 23.1 Å². The Morgan fingerprint density at radius 2 is 1.12 bits per heavy atom. The van der Waals surface area contributed by atoms with Gasteiger partial charge in [-0.1, -0.05) is 0 Å². The molecular weight excluding hydrogens is 631 g/mol. The van der Waals surface area contributed by atoms with Crippen LogP contribution < -0.4 is 0 Å². The van der Waals surface area contributed by atoms with Gasteiger partial charge in [0.05, 0.1) is 0 Å². The molecule has 0 aliphatic heterocycles. The molecule has 1 atom stereocenters. The van der Waals surface area contributed by atoms with E-state index in [0.29, 0.717) is 0 Å². The molecule has 1 unspecified atom stereocenters. The van der Waals surface area contributed by atoms with Gasteiger partial charge in [0.1, 0.15) is 0 Å². The molecule has 43 valence electrons. The third kappa shape index (κ3) is 38.6. The van der Waals surface area contributed by atoms with Crippen molar-refractivity contribution < 1.29 is 173 Å². The van der Waals surface area contributed by atoms with Crippen LogP contribution in [0.25, 0.3) is 0 Å². The van der Waals surface area contributed by atoms with Gasteiger partial charge in [0.2, 0.25) is 0 Å². The molecule has 0 aliphatic carbocycles. The molecular formula is H5CeCuLaMgMoPTiY. The maximum absolute atomic E-state index is 0. The van der Waals surface area contributed by atoms with Crippen molar-refractivity contribution >= 4 is 33.0 Å². The molecule has 0 aromatic carbocycles. The van der Waals surface area contributed by atoms with Crippen molar-refractivity contribution in [3.63, 3.8) is 0 Å². The SMILES string of the molecule is P.[Ce].[Cu].[H-].[H-].[La].[Mg+2].[Mo].[Ti].[Y]. The summed E-state index contributed by atoms with van der Waals surface area (Å²) in [5, 5.41) is 0. The van der Waals surface area contributed by atoms with Crippen LogP contribution in [0.15, 0.2) is 0 Å². The summed E-state index contributed by atoms with van der Waals surface area (Å²) >= 11 is 0. The van der Waals surface area contributed by atoms with E-state index in [1.54, 1.807) is 0 Å². The van der Waals surface area contributed by atoms with Gasteiger partial charge in [0, 0.05) is 170 Å². The predicted molar refractivity (Wildman–Crippen MR) is 19.1 cm³/mol. The first-order chi connectivity index (χ1) is 0. The molecule has 0 aromatic rings. The zero-order chi connectivity index (χ0) is 0. The molecule has 0 saturated heterocycles. The third-order valence-electron chi connectivity index (χ3n) is 0. The minimum Gasteiger partial charge on any atom is -1.00 e. The summed E-state index contributed by atoms with van der Waals surface area (Å²) in [7, 11) is 0. The minimum atomic E-state index is 0. The van der Waals surface area contributed by atoms with Gasteiger partial charge in [-0.15, -0.1) is 0 Å². The molecule has 0 amide bonds. The normalized spacial score (nSPS) is 0. The van der Waals surface area contributed by atoms with E-state index in [1.807, 2.05) is 0 Å². The zero-order valence-electron chi connectivity index (χ0n) is 6.28. The number of rotatable bonds is 0. The average molecular weight is 636 g/mol. The summed E-state index contributed by atoms with van der Waals surface area (Å²) in [5.41, 5.74) is 0. The first kappa shape index (κ1) is 61.0. The van der Waals surface area contributed by atoms with Crippen LogP contribution in [-0.4, -0.2) is 23.1 Å². The van der Waals surface area contributed by atoms with Gasteiger partial charge in [0.15, 0.2) is 0 Å². The fraction of sp³-hybridized carbons (Fsp3) is 0. The Morgan fingerprint density at radius 3 is 1.12 bits per heavy atom. The maximum Gasteiger partial charge on any atom is 2.00 e. The first-order valence-electron chi connectivity index (χ1n) is 0. The molecule has 8 heavy (non-hydrogen) atoms. The van der Waals surface area contributed by atoms with E-state index in [0.717, 1.165) is 0 Å². The van der Waals surface area contributed by atoms with Crippen molar-refractivity contribution in [2.75, 3.05) is 0 Å². The molecule has 0 nitrogen and oxygen atoms in total. The third-order valence-corrected chi connectivity index (χ3v) is 0. The number of hydrogen-bond donors (Lipinski definition) is 0. The maximum atomic E-state index is 0. The Labute approximate surface area is 200 Å². The van der Waals surface area contributed by atoms with E-state index >= 15 is 0 Å². The van der Waals surface area contributed by atoms with E-state index < -0.39 is 0 Å². The molecule has 0 aromatic heterocycles. The predicted octanol–water partition coefficient (Wildman–Crippen LogP) is -0.108.